The Morgan fingerprint density at radius 2 is 2.12 bits per heavy atom. The minimum absolute atomic E-state index is 0.190. The molecule has 2 N–H and O–H groups in total. The quantitative estimate of drug-likeness (QED) is 0.509. The topological polar surface area (TPSA) is 108 Å². The zero-order valence-corrected chi connectivity index (χ0v) is 18.0. The number of nitrogens with zero attached hydrogens (tertiary/aromatic N) is 3. The molecule has 1 saturated heterocycles. The van der Waals surface area contributed by atoms with E-state index in [0.717, 1.165) is 31.6 Å². The second-order valence-electron chi connectivity index (χ2n) is 8.84. The van der Waals surface area contributed by atoms with Crippen LogP contribution in [-0.2, 0) is 0 Å². The number of anilines is 1. The Labute approximate surface area is 185 Å². The Kier molecular flexibility index (Phi) is 5.14. The molecule has 3 atom stereocenters. The van der Waals surface area contributed by atoms with Crippen LogP contribution in [0.2, 0.25) is 0 Å². The Balaban J connectivity index is 1.54. The average molecular weight is 434 g/mol. The molecule has 2 aromatic rings. The highest BCUT2D eigenvalue weighted by molar-refractivity contribution is 5.97. The minimum atomic E-state index is -1.21. The van der Waals surface area contributed by atoms with Gasteiger partial charge in [0.25, 0.3) is 0 Å². The van der Waals surface area contributed by atoms with Crippen LogP contribution in [0.3, 0.4) is 0 Å². The Bertz CT molecular complexity index is 1210. The average Bonchev–Trinajstić information content (AvgIpc) is 3.43. The van der Waals surface area contributed by atoms with Gasteiger partial charge in [-0.25, -0.2) is 4.79 Å². The van der Waals surface area contributed by atoms with Gasteiger partial charge in [-0.1, -0.05) is 12.2 Å². The van der Waals surface area contributed by atoms with Gasteiger partial charge in [0.15, 0.2) is 5.75 Å². The number of nitrogens with one attached hydrogen (secondary N) is 1. The lowest BCUT2D eigenvalue weighted by Gasteiger charge is -2.25. The smallest absolute Gasteiger partial charge is 0.341 e. The number of rotatable bonds is 7. The van der Waals surface area contributed by atoms with E-state index in [9.17, 15) is 14.7 Å². The first-order valence-electron chi connectivity index (χ1n) is 11.1. The molecule has 0 spiro atoms. The third-order valence-electron chi connectivity index (χ3n) is 6.90. The summed E-state index contributed by atoms with van der Waals surface area (Å²) >= 11 is 0. The summed E-state index contributed by atoms with van der Waals surface area (Å²) in [6, 6.07) is 6.23. The molecule has 2 fully saturated rings. The van der Waals surface area contributed by atoms with Crippen LogP contribution in [0.4, 0.5) is 5.69 Å². The molecule has 3 unspecified atom stereocenters. The fraction of sp³-hybridized carbons (Fsp3) is 0.458. The number of hydrogen-bond acceptors (Lipinski definition) is 6. The summed E-state index contributed by atoms with van der Waals surface area (Å²) < 4.78 is 7.78. The van der Waals surface area contributed by atoms with Gasteiger partial charge in [0, 0.05) is 56.2 Å². The molecule has 1 saturated carbocycles. The Morgan fingerprint density at radius 3 is 2.81 bits per heavy atom. The van der Waals surface area contributed by atoms with E-state index in [1.54, 1.807) is 13.2 Å². The third kappa shape index (κ3) is 3.33. The molecule has 0 radical (unpaired) electrons. The summed E-state index contributed by atoms with van der Waals surface area (Å²) in [5, 5.41) is 22.2. The van der Waals surface area contributed by atoms with Crippen LogP contribution in [0.15, 0.2) is 35.3 Å². The van der Waals surface area contributed by atoms with E-state index in [4.69, 9.17) is 10.00 Å². The fourth-order valence-electron chi connectivity index (χ4n) is 5.20. The number of benzene rings is 1. The zero-order chi connectivity index (χ0) is 22.4. The van der Waals surface area contributed by atoms with Crippen LogP contribution in [0.1, 0.15) is 35.7 Å². The van der Waals surface area contributed by atoms with Crippen LogP contribution < -0.4 is 20.4 Å². The van der Waals surface area contributed by atoms with Crippen molar-refractivity contribution in [2.75, 3.05) is 31.6 Å². The number of nitriles is 1. The number of pyridine rings is 1. The van der Waals surface area contributed by atoms with Gasteiger partial charge in [0.1, 0.15) is 5.56 Å². The highest BCUT2D eigenvalue weighted by Crippen LogP contribution is 2.44. The first-order valence-corrected chi connectivity index (χ1v) is 11.1. The molecule has 2 heterocycles. The van der Waals surface area contributed by atoms with Crippen molar-refractivity contribution in [2.45, 2.75) is 31.3 Å². The molecular weight excluding hydrogens is 408 g/mol. The van der Waals surface area contributed by atoms with Gasteiger partial charge in [0.2, 0.25) is 5.43 Å². The van der Waals surface area contributed by atoms with Crippen LogP contribution in [0.25, 0.3) is 10.9 Å². The highest BCUT2D eigenvalue weighted by atomic mass is 16.5. The SMILES string of the molecule is COc1c(N2CC3C=CC(NCCC#N)C3C2)ccc2c(=O)c(C(=O)O)cn(C3CC3)c12. The normalized spacial score (nSPS) is 24.0. The summed E-state index contributed by atoms with van der Waals surface area (Å²) in [4.78, 5) is 26.8. The molecule has 166 valence electrons. The minimum Gasteiger partial charge on any atom is -0.492 e. The maximum Gasteiger partial charge on any atom is 0.341 e. The van der Waals surface area contributed by atoms with Gasteiger partial charge >= 0.3 is 5.97 Å². The van der Waals surface area contributed by atoms with Crippen molar-refractivity contribution >= 4 is 22.6 Å². The molecular formula is C24H26N4O4. The summed E-state index contributed by atoms with van der Waals surface area (Å²) in [5.41, 5.74) is 0.929. The number of fused-ring (bicyclic) bond motifs is 2. The van der Waals surface area contributed by atoms with E-state index >= 15 is 0 Å². The highest BCUT2D eigenvalue weighted by Gasteiger charge is 2.40. The number of carbonyl (C=O) groups is 1. The zero-order valence-electron chi connectivity index (χ0n) is 18.0. The number of carboxylic acids is 1. The van der Waals surface area contributed by atoms with Crippen LogP contribution in [0, 0.1) is 23.2 Å². The van der Waals surface area contributed by atoms with Crippen LogP contribution in [0.5, 0.6) is 5.75 Å². The molecule has 8 nitrogen and oxygen atoms in total. The maximum atomic E-state index is 12.9. The third-order valence-corrected chi connectivity index (χ3v) is 6.90. The van der Waals surface area contributed by atoms with Crippen molar-refractivity contribution in [1.82, 2.24) is 9.88 Å². The number of aromatic nitrogens is 1. The number of aromatic carboxylic acids is 1. The van der Waals surface area contributed by atoms with Gasteiger partial charge in [-0.05, 0) is 25.0 Å². The van der Waals surface area contributed by atoms with Gasteiger partial charge < -0.3 is 24.6 Å². The molecule has 1 aliphatic heterocycles. The predicted molar refractivity (Wildman–Crippen MR) is 120 cm³/mol. The van der Waals surface area contributed by atoms with Crippen molar-refractivity contribution < 1.29 is 14.6 Å². The largest absolute Gasteiger partial charge is 0.492 e. The Morgan fingerprint density at radius 1 is 1.31 bits per heavy atom. The van der Waals surface area contributed by atoms with Gasteiger partial charge in [-0.2, -0.15) is 5.26 Å². The van der Waals surface area contributed by atoms with E-state index < -0.39 is 11.4 Å². The van der Waals surface area contributed by atoms with Crippen molar-refractivity contribution in [3.63, 3.8) is 0 Å². The molecule has 1 aromatic heterocycles. The lowest BCUT2D eigenvalue weighted by atomic mass is 9.96. The summed E-state index contributed by atoms with van der Waals surface area (Å²) in [7, 11) is 1.61. The predicted octanol–water partition coefficient (Wildman–Crippen LogP) is 2.54. The molecule has 3 aliphatic rings. The van der Waals surface area contributed by atoms with Gasteiger partial charge in [-0.3, -0.25) is 4.79 Å². The van der Waals surface area contributed by atoms with E-state index in [-0.39, 0.29) is 17.6 Å². The molecule has 1 aromatic carbocycles. The Hall–Kier alpha value is -3.31. The van der Waals surface area contributed by atoms with Crippen molar-refractivity contribution in [1.29, 1.82) is 5.26 Å². The van der Waals surface area contributed by atoms with E-state index in [1.807, 2.05) is 10.6 Å². The number of carboxylic acid groups (broad SMARTS) is 1. The molecule has 32 heavy (non-hydrogen) atoms. The first kappa shape index (κ1) is 20.6. The van der Waals surface area contributed by atoms with Gasteiger partial charge in [-0.15, -0.1) is 0 Å². The molecule has 0 amide bonds. The van der Waals surface area contributed by atoms with Crippen molar-refractivity contribution in [3.8, 4) is 11.8 Å². The standard InChI is InChI=1S/C24H26N4O4/c1-32-23-20(27-11-14-3-7-19(17(14)12-27)26-10-2-9-25)8-6-16-21(23)28(15-4-5-15)13-18(22(16)29)24(30)31/h3,6-8,13-15,17,19,26H,2,4-5,10-12H2,1H3,(H,30,31). The van der Waals surface area contributed by atoms with Gasteiger partial charge in [0.05, 0.1) is 29.8 Å². The van der Waals surface area contributed by atoms with E-state index in [0.29, 0.717) is 41.5 Å². The van der Waals surface area contributed by atoms with Crippen LogP contribution in [-0.4, -0.2) is 48.4 Å². The van der Waals surface area contributed by atoms with Crippen LogP contribution >= 0.6 is 0 Å². The first-order chi connectivity index (χ1) is 15.5. The number of methoxy groups -OCH3 is 1. The molecule has 2 aliphatic carbocycles. The molecule has 5 rings (SSSR count). The van der Waals surface area contributed by atoms with E-state index in [2.05, 4.69) is 28.4 Å². The maximum absolute atomic E-state index is 12.9. The molecule has 0 bridgehead atoms. The lowest BCUT2D eigenvalue weighted by Crippen LogP contribution is -2.36. The fourth-order valence-corrected chi connectivity index (χ4v) is 5.20. The van der Waals surface area contributed by atoms with E-state index in [1.165, 1.54) is 6.20 Å². The van der Waals surface area contributed by atoms with Crippen molar-refractivity contribution in [3.05, 3.63) is 46.3 Å². The summed E-state index contributed by atoms with van der Waals surface area (Å²) in [5.74, 6) is 0.244. The van der Waals surface area contributed by atoms with Crippen molar-refractivity contribution in [2.24, 2.45) is 11.8 Å². The monoisotopic (exact) mass is 434 g/mol. The summed E-state index contributed by atoms with van der Waals surface area (Å²) in [6.45, 7) is 2.36. The molecule has 8 heteroatoms. The second-order valence-corrected chi connectivity index (χ2v) is 8.84. The number of ether oxygens (including phenoxy) is 1. The lowest BCUT2D eigenvalue weighted by molar-refractivity contribution is 0.0695. The second kappa shape index (κ2) is 7.99. The summed E-state index contributed by atoms with van der Waals surface area (Å²) in [6.07, 6.45) is 8.34. The number of hydrogen-bond donors (Lipinski definition) is 2.